The maximum absolute atomic E-state index is 13.6. The number of anilines is 1. The fraction of sp³-hybridized carbons (Fsp3) is 0.480. The number of ether oxygens (including phenoxy) is 1. The molecule has 0 spiro atoms. The van der Waals surface area contributed by atoms with Crippen LogP contribution in [0.3, 0.4) is 0 Å². The normalized spacial score (nSPS) is 17.4. The molecule has 1 saturated heterocycles. The van der Waals surface area contributed by atoms with Crippen molar-refractivity contribution in [2.45, 2.75) is 45.5 Å². The number of hydrogen-bond donors (Lipinski definition) is 0. The number of likely N-dealkylation sites (tertiary alicyclic amines) is 1. The highest BCUT2D eigenvalue weighted by atomic mass is 35.5. The van der Waals surface area contributed by atoms with Gasteiger partial charge in [-0.15, -0.1) is 0 Å². The maximum atomic E-state index is 13.6. The summed E-state index contributed by atoms with van der Waals surface area (Å²) in [4.78, 5) is 16.2. The van der Waals surface area contributed by atoms with Crippen LogP contribution in [0.25, 0.3) is 0 Å². The second-order valence-electron chi connectivity index (χ2n) is 8.78. The van der Waals surface area contributed by atoms with Gasteiger partial charge in [-0.1, -0.05) is 23.7 Å². The summed E-state index contributed by atoms with van der Waals surface area (Å²) in [5.41, 5.74) is 4.43. The van der Waals surface area contributed by atoms with E-state index in [2.05, 4.69) is 24.0 Å². The van der Waals surface area contributed by atoms with Crippen LogP contribution in [0.5, 0.6) is 0 Å². The molecule has 8 heteroatoms. The Kier molecular flexibility index (Phi) is 6.65. The molecule has 0 radical (unpaired) electrons. The van der Waals surface area contributed by atoms with Crippen LogP contribution in [0.4, 0.5) is 18.9 Å². The van der Waals surface area contributed by atoms with Crippen molar-refractivity contribution in [3.05, 3.63) is 63.2 Å². The number of alkyl halides is 3. The largest absolute Gasteiger partial charge is 0.469 e. The Morgan fingerprint density at radius 3 is 2.61 bits per heavy atom. The summed E-state index contributed by atoms with van der Waals surface area (Å²) < 4.78 is 45.7. The second-order valence-corrected chi connectivity index (χ2v) is 9.19. The third kappa shape index (κ3) is 4.45. The molecular formula is C25H28ClF3N2O2. The number of hydrogen-bond acceptors (Lipinski definition) is 4. The molecule has 4 rings (SSSR count). The van der Waals surface area contributed by atoms with Crippen molar-refractivity contribution >= 4 is 23.3 Å². The lowest BCUT2D eigenvalue weighted by atomic mass is 9.90. The van der Waals surface area contributed by atoms with E-state index < -0.39 is 11.7 Å². The van der Waals surface area contributed by atoms with Crippen LogP contribution >= 0.6 is 11.6 Å². The number of aryl methyl sites for hydroxylation is 2. The van der Waals surface area contributed by atoms with Crippen molar-refractivity contribution in [2.24, 2.45) is 5.92 Å². The van der Waals surface area contributed by atoms with Crippen molar-refractivity contribution in [3.63, 3.8) is 0 Å². The second kappa shape index (κ2) is 9.18. The van der Waals surface area contributed by atoms with Crippen LogP contribution in [-0.4, -0.2) is 37.6 Å². The molecule has 0 aromatic heterocycles. The Bertz CT molecular complexity index is 1050. The van der Waals surface area contributed by atoms with Crippen molar-refractivity contribution < 1.29 is 22.7 Å². The standard InChI is InChI=1S/C25H28ClF3N2O2/c1-4-31(18-10-11-21(26)20(12-18)25(27,28)29)23(30-13-17(14-30)24(32)33-3)22-15(2)8-9-16-6-5-7-19(16)22/h8-12,17,23H,4-7,13-14H2,1-3H3. The fourth-order valence-electron chi connectivity index (χ4n) is 5.14. The van der Waals surface area contributed by atoms with Gasteiger partial charge in [-0.25, -0.2) is 0 Å². The molecule has 1 unspecified atom stereocenters. The molecule has 0 N–H and O–H groups in total. The molecule has 2 aromatic carbocycles. The van der Waals surface area contributed by atoms with Gasteiger partial charge in [-0.2, -0.15) is 13.2 Å². The van der Waals surface area contributed by atoms with E-state index in [1.807, 2.05) is 11.8 Å². The summed E-state index contributed by atoms with van der Waals surface area (Å²) in [6.07, 6.45) is -1.81. The van der Waals surface area contributed by atoms with Crippen LogP contribution in [0.2, 0.25) is 5.02 Å². The zero-order valence-corrected chi connectivity index (χ0v) is 19.8. The number of methoxy groups -OCH3 is 1. The third-order valence-corrected chi connectivity index (χ3v) is 7.15. The molecule has 0 saturated carbocycles. The average molecular weight is 481 g/mol. The number of fused-ring (bicyclic) bond motifs is 1. The molecule has 178 valence electrons. The highest BCUT2D eigenvalue weighted by molar-refractivity contribution is 6.31. The zero-order valence-electron chi connectivity index (χ0n) is 19.0. The minimum atomic E-state index is -4.54. The summed E-state index contributed by atoms with van der Waals surface area (Å²) in [6, 6.07) is 8.35. The lowest BCUT2D eigenvalue weighted by Gasteiger charge is -2.49. The average Bonchev–Trinajstić information content (AvgIpc) is 3.21. The van der Waals surface area contributed by atoms with Crippen LogP contribution in [0.1, 0.15) is 47.3 Å². The van der Waals surface area contributed by atoms with E-state index in [9.17, 15) is 18.0 Å². The van der Waals surface area contributed by atoms with Crippen molar-refractivity contribution in [1.82, 2.24) is 4.90 Å². The SMILES string of the molecule is CCN(c1ccc(Cl)c(C(F)(F)F)c1)C(c1c(C)ccc2c1CCC2)N1CC(C(=O)OC)C1. The monoisotopic (exact) mass is 480 g/mol. The Labute approximate surface area is 197 Å². The smallest absolute Gasteiger partial charge is 0.417 e. The van der Waals surface area contributed by atoms with Gasteiger partial charge in [0.05, 0.1) is 23.6 Å². The van der Waals surface area contributed by atoms with Gasteiger partial charge in [0.15, 0.2) is 0 Å². The number of carbonyl (C=O) groups excluding carboxylic acids is 1. The lowest BCUT2D eigenvalue weighted by molar-refractivity contribution is -0.152. The molecule has 1 aliphatic carbocycles. The van der Waals surface area contributed by atoms with Crippen LogP contribution in [0.15, 0.2) is 30.3 Å². The molecular weight excluding hydrogens is 453 g/mol. The Morgan fingerprint density at radius 1 is 1.24 bits per heavy atom. The minimum Gasteiger partial charge on any atom is -0.469 e. The number of halogens is 4. The van der Waals surface area contributed by atoms with Gasteiger partial charge in [-0.3, -0.25) is 9.69 Å². The minimum absolute atomic E-state index is 0.232. The van der Waals surface area contributed by atoms with Gasteiger partial charge in [0.2, 0.25) is 0 Å². The zero-order chi connectivity index (χ0) is 23.9. The molecule has 2 aromatic rings. The first kappa shape index (κ1) is 23.9. The molecule has 33 heavy (non-hydrogen) atoms. The first-order valence-electron chi connectivity index (χ1n) is 11.2. The fourth-order valence-corrected chi connectivity index (χ4v) is 5.37. The number of rotatable bonds is 6. The van der Waals surface area contributed by atoms with E-state index in [0.29, 0.717) is 25.3 Å². The van der Waals surface area contributed by atoms with Crippen molar-refractivity contribution in [3.8, 4) is 0 Å². The maximum Gasteiger partial charge on any atom is 0.417 e. The first-order valence-corrected chi connectivity index (χ1v) is 11.6. The van der Waals surface area contributed by atoms with E-state index in [0.717, 1.165) is 36.5 Å². The molecule has 2 aliphatic rings. The highest BCUT2D eigenvalue weighted by Gasteiger charge is 2.42. The highest BCUT2D eigenvalue weighted by Crippen LogP contribution is 2.43. The summed E-state index contributed by atoms with van der Waals surface area (Å²) >= 11 is 5.90. The molecule has 1 heterocycles. The van der Waals surface area contributed by atoms with Crippen molar-refractivity contribution in [2.75, 3.05) is 31.6 Å². The molecule has 0 bridgehead atoms. The topological polar surface area (TPSA) is 32.8 Å². The van der Waals surface area contributed by atoms with Gasteiger partial charge in [0.25, 0.3) is 0 Å². The van der Waals surface area contributed by atoms with E-state index in [1.54, 1.807) is 6.07 Å². The summed E-state index contributed by atoms with van der Waals surface area (Å²) in [5.74, 6) is -0.488. The van der Waals surface area contributed by atoms with E-state index >= 15 is 0 Å². The molecule has 4 nitrogen and oxygen atoms in total. The van der Waals surface area contributed by atoms with E-state index in [1.165, 1.54) is 24.3 Å². The number of esters is 1. The van der Waals surface area contributed by atoms with E-state index in [4.69, 9.17) is 16.3 Å². The number of carbonyl (C=O) groups is 1. The summed E-state index contributed by atoms with van der Waals surface area (Å²) in [6.45, 7) is 5.47. The Balaban J connectivity index is 1.80. The summed E-state index contributed by atoms with van der Waals surface area (Å²) in [5, 5.41) is -0.314. The number of benzene rings is 2. The van der Waals surface area contributed by atoms with Crippen LogP contribution in [0, 0.1) is 12.8 Å². The van der Waals surface area contributed by atoms with Gasteiger partial charge in [0.1, 0.15) is 6.17 Å². The first-order chi connectivity index (χ1) is 15.7. The Morgan fingerprint density at radius 2 is 1.97 bits per heavy atom. The predicted octanol–water partition coefficient (Wildman–Crippen LogP) is 5.79. The molecule has 1 aliphatic heterocycles. The quantitative estimate of drug-likeness (QED) is 0.490. The van der Waals surface area contributed by atoms with Crippen LogP contribution < -0.4 is 4.90 Å². The summed E-state index contributed by atoms with van der Waals surface area (Å²) in [7, 11) is 1.38. The molecule has 1 fully saturated rings. The van der Waals surface area contributed by atoms with E-state index in [-0.39, 0.29) is 23.1 Å². The van der Waals surface area contributed by atoms with Gasteiger partial charge >= 0.3 is 12.1 Å². The Hall–Kier alpha value is -2.25. The number of nitrogens with zero attached hydrogens (tertiary/aromatic N) is 2. The van der Waals surface area contributed by atoms with Crippen LogP contribution in [-0.2, 0) is 28.5 Å². The van der Waals surface area contributed by atoms with Gasteiger partial charge < -0.3 is 9.64 Å². The lowest BCUT2D eigenvalue weighted by Crippen LogP contribution is -2.56. The molecule has 0 amide bonds. The van der Waals surface area contributed by atoms with Gasteiger partial charge in [-0.05, 0) is 73.6 Å². The third-order valence-electron chi connectivity index (χ3n) is 6.82. The van der Waals surface area contributed by atoms with Crippen molar-refractivity contribution in [1.29, 1.82) is 0 Å². The molecule has 1 atom stereocenters. The van der Waals surface area contributed by atoms with Gasteiger partial charge in [0, 0.05) is 25.3 Å². The predicted molar refractivity (Wildman–Crippen MR) is 122 cm³/mol.